The van der Waals surface area contributed by atoms with Crippen molar-refractivity contribution in [3.8, 4) is 5.75 Å². The Labute approximate surface area is 131 Å². The molecule has 0 bridgehead atoms. The van der Waals surface area contributed by atoms with Crippen LogP contribution in [0.4, 0.5) is 0 Å². The van der Waals surface area contributed by atoms with Crippen LogP contribution in [-0.4, -0.2) is 6.61 Å². The molecule has 0 amide bonds. The zero-order chi connectivity index (χ0) is 15.3. The fourth-order valence-corrected chi connectivity index (χ4v) is 2.47. The van der Waals surface area contributed by atoms with Crippen LogP contribution in [0.1, 0.15) is 83.2 Å². The van der Waals surface area contributed by atoms with Crippen LogP contribution in [0.3, 0.4) is 0 Å². The van der Waals surface area contributed by atoms with Crippen LogP contribution in [0.2, 0.25) is 0 Å². The highest BCUT2D eigenvalue weighted by Crippen LogP contribution is 2.18. The van der Waals surface area contributed by atoms with Gasteiger partial charge in [0, 0.05) is 6.04 Å². The smallest absolute Gasteiger partial charge is 0.119 e. The van der Waals surface area contributed by atoms with Crippen LogP contribution in [0.25, 0.3) is 0 Å². The van der Waals surface area contributed by atoms with Crippen molar-refractivity contribution in [2.24, 2.45) is 5.73 Å². The van der Waals surface area contributed by atoms with Crippen LogP contribution in [0.15, 0.2) is 24.3 Å². The van der Waals surface area contributed by atoms with E-state index in [0.717, 1.165) is 25.2 Å². The molecule has 0 heterocycles. The third-order valence-electron chi connectivity index (χ3n) is 4.01. The molecule has 0 unspecified atom stereocenters. The number of hydrogen-bond acceptors (Lipinski definition) is 2. The van der Waals surface area contributed by atoms with Gasteiger partial charge >= 0.3 is 0 Å². The van der Waals surface area contributed by atoms with E-state index in [1.807, 2.05) is 12.1 Å². The molecule has 1 aromatic rings. The summed E-state index contributed by atoms with van der Waals surface area (Å²) in [6, 6.07) is 8.38. The zero-order valence-electron chi connectivity index (χ0n) is 13.9. The fraction of sp³-hybridized carbons (Fsp3) is 0.684. The molecule has 2 nitrogen and oxygen atoms in total. The number of nitrogens with two attached hydrogens (primary N) is 1. The molecule has 2 heteroatoms. The summed E-state index contributed by atoms with van der Waals surface area (Å²) in [4.78, 5) is 0. The Bertz CT molecular complexity index is 347. The Morgan fingerprint density at radius 3 is 2.00 bits per heavy atom. The van der Waals surface area contributed by atoms with E-state index in [1.165, 1.54) is 50.5 Å². The minimum Gasteiger partial charge on any atom is -0.494 e. The molecular formula is C19H33NO. The van der Waals surface area contributed by atoms with Crippen molar-refractivity contribution in [2.45, 2.75) is 77.7 Å². The van der Waals surface area contributed by atoms with E-state index < -0.39 is 0 Å². The maximum absolute atomic E-state index is 6.00. The number of hydrogen-bond donors (Lipinski definition) is 1. The van der Waals surface area contributed by atoms with Gasteiger partial charge in [0.25, 0.3) is 0 Å². The molecule has 0 fully saturated rings. The molecular weight excluding hydrogens is 258 g/mol. The second-order valence-electron chi connectivity index (χ2n) is 5.91. The van der Waals surface area contributed by atoms with Gasteiger partial charge in [0.05, 0.1) is 6.61 Å². The van der Waals surface area contributed by atoms with Crippen LogP contribution in [0, 0.1) is 0 Å². The maximum Gasteiger partial charge on any atom is 0.119 e. The first-order valence-electron chi connectivity index (χ1n) is 8.76. The van der Waals surface area contributed by atoms with Crippen molar-refractivity contribution in [3.05, 3.63) is 29.8 Å². The lowest BCUT2D eigenvalue weighted by atomic mass is 10.1. The highest BCUT2D eigenvalue weighted by atomic mass is 16.5. The van der Waals surface area contributed by atoms with Gasteiger partial charge in [-0.15, -0.1) is 0 Å². The average molecular weight is 291 g/mol. The van der Waals surface area contributed by atoms with Crippen LogP contribution >= 0.6 is 0 Å². The molecule has 1 aromatic carbocycles. The van der Waals surface area contributed by atoms with Gasteiger partial charge < -0.3 is 10.5 Å². The minimum absolute atomic E-state index is 0.145. The Morgan fingerprint density at radius 1 is 0.857 bits per heavy atom. The number of unbranched alkanes of at least 4 members (excludes halogenated alkanes) is 7. The lowest BCUT2D eigenvalue weighted by molar-refractivity contribution is 0.304. The minimum atomic E-state index is 0.145. The van der Waals surface area contributed by atoms with Gasteiger partial charge in [0.1, 0.15) is 5.75 Å². The Morgan fingerprint density at radius 2 is 1.43 bits per heavy atom. The summed E-state index contributed by atoms with van der Waals surface area (Å²) < 4.78 is 5.78. The van der Waals surface area contributed by atoms with Crippen LogP contribution < -0.4 is 10.5 Å². The lowest BCUT2D eigenvalue weighted by Gasteiger charge is -2.11. The predicted molar refractivity (Wildman–Crippen MR) is 91.8 cm³/mol. The van der Waals surface area contributed by atoms with Gasteiger partial charge in [-0.2, -0.15) is 0 Å². The molecule has 0 aliphatic rings. The first-order valence-corrected chi connectivity index (χ1v) is 8.76. The van der Waals surface area contributed by atoms with E-state index >= 15 is 0 Å². The van der Waals surface area contributed by atoms with Crippen molar-refractivity contribution in [3.63, 3.8) is 0 Å². The van der Waals surface area contributed by atoms with Crippen molar-refractivity contribution in [2.75, 3.05) is 6.61 Å². The normalized spacial score (nSPS) is 12.3. The molecule has 0 radical (unpaired) electrons. The molecule has 1 atom stereocenters. The Balaban J connectivity index is 2.05. The second kappa shape index (κ2) is 11.6. The number of rotatable bonds is 12. The topological polar surface area (TPSA) is 35.2 Å². The number of benzene rings is 1. The molecule has 0 saturated heterocycles. The molecule has 120 valence electrons. The lowest BCUT2D eigenvalue weighted by Crippen LogP contribution is -2.08. The Hall–Kier alpha value is -1.02. The predicted octanol–water partition coefficient (Wildman–Crippen LogP) is 5.62. The summed E-state index contributed by atoms with van der Waals surface area (Å²) in [6.45, 7) is 5.20. The molecule has 0 aliphatic carbocycles. The summed E-state index contributed by atoms with van der Waals surface area (Å²) in [6.07, 6.45) is 11.7. The van der Waals surface area contributed by atoms with Crippen molar-refractivity contribution in [1.82, 2.24) is 0 Å². The molecule has 1 rings (SSSR count). The van der Waals surface area contributed by atoms with Crippen LogP contribution in [-0.2, 0) is 0 Å². The second-order valence-corrected chi connectivity index (χ2v) is 5.91. The standard InChI is InChI=1S/C19H33NO/c1-3-5-6-7-8-9-10-11-16-21-18-14-12-17(13-15-18)19(20)4-2/h12-15,19H,3-11,16,20H2,1-2H3/t19-/m0/s1. The Kier molecular flexibility index (Phi) is 9.98. The van der Waals surface area contributed by atoms with Gasteiger partial charge in [-0.3, -0.25) is 0 Å². The molecule has 0 spiro atoms. The fourth-order valence-electron chi connectivity index (χ4n) is 2.47. The van der Waals surface area contributed by atoms with Gasteiger partial charge in [-0.25, -0.2) is 0 Å². The third kappa shape index (κ3) is 8.11. The summed E-state index contributed by atoms with van der Waals surface area (Å²) in [5, 5.41) is 0. The summed E-state index contributed by atoms with van der Waals surface area (Å²) >= 11 is 0. The summed E-state index contributed by atoms with van der Waals surface area (Å²) in [5.41, 5.74) is 7.19. The molecule has 0 aromatic heterocycles. The van der Waals surface area contributed by atoms with E-state index in [-0.39, 0.29) is 6.04 Å². The van der Waals surface area contributed by atoms with E-state index in [9.17, 15) is 0 Å². The van der Waals surface area contributed by atoms with E-state index in [0.29, 0.717) is 0 Å². The van der Waals surface area contributed by atoms with Gasteiger partial charge in [0.15, 0.2) is 0 Å². The maximum atomic E-state index is 6.00. The first-order chi connectivity index (χ1) is 10.3. The molecule has 0 aliphatic heterocycles. The van der Waals surface area contributed by atoms with Gasteiger partial charge in [-0.1, -0.05) is 70.9 Å². The van der Waals surface area contributed by atoms with Crippen LogP contribution in [0.5, 0.6) is 5.75 Å². The first kappa shape index (κ1) is 18.0. The zero-order valence-corrected chi connectivity index (χ0v) is 13.9. The highest BCUT2D eigenvalue weighted by Gasteiger charge is 2.02. The molecule has 21 heavy (non-hydrogen) atoms. The van der Waals surface area contributed by atoms with Gasteiger partial charge in [-0.05, 0) is 30.5 Å². The summed E-state index contributed by atoms with van der Waals surface area (Å²) in [7, 11) is 0. The SMILES string of the molecule is CCCCCCCCCCOc1ccc([C@@H](N)CC)cc1. The monoisotopic (exact) mass is 291 g/mol. The van der Waals surface area contributed by atoms with E-state index in [4.69, 9.17) is 10.5 Å². The largest absolute Gasteiger partial charge is 0.494 e. The quantitative estimate of drug-likeness (QED) is 0.507. The molecule has 2 N–H and O–H groups in total. The van der Waals surface area contributed by atoms with Crippen molar-refractivity contribution >= 4 is 0 Å². The van der Waals surface area contributed by atoms with Crippen molar-refractivity contribution < 1.29 is 4.74 Å². The highest BCUT2D eigenvalue weighted by molar-refractivity contribution is 5.28. The van der Waals surface area contributed by atoms with E-state index in [1.54, 1.807) is 0 Å². The molecule has 0 saturated carbocycles. The van der Waals surface area contributed by atoms with E-state index in [2.05, 4.69) is 26.0 Å². The van der Waals surface area contributed by atoms with Gasteiger partial charge in [0.2, 0.25) is 0 Å². The average Bonchev–Trinajstić information content (AvgIpc) is 2.53. The summed E-state index contributed by atoms with van der Waals surface area (Å²) in [5.74, 6) is 0.963. The van der Waals surface area contributed by atoms with Crippen molar-refractivity contribution in [1.29, 1.82) is 0 Å². The third-order valence-corrected chi connectivity index (χ3v) is 4.01. The number of ether oxygens (including phenoxy) is 1.